The Morgan fingerprint density at radius 3 is 2.42 bits per heavy atom. The normalized spacial score (nSPS) is 14.8. The molecule has 0 saturated carbocycles. The molecule has 0 bridgehead atoms. The van der Waals surface area contributed by atoms with E-state index in [1.165, 1.54) is 24.3 Å². The van der Waals surface area contributed by atoms with Crippen molar-refractivity contribution in [2.45, 2.75) is 24.5 Å². The van der Waals surface area contributed by atoms with Crippen molar-refractivity contribution in [3.05, 3.63) is 84.3 Å². The van der Waals surface area contributed by atoms with Crippen LogP contribution in [0.15, 0.2) is 77.8 Å². The predicted octanol–water partition coefficient (Wildman–Crippen LogP) is 4.07. The molecular weight excluding hydrogens is 539 g/mol. The number of fused-ring (bicyclic) bond motifs is 1. The Kier molecular flexibility index (Phi) is 7.24. The minimum Gasteiger partial charge on any atom is -0.497 e. The van der Waals surface area contributed by atoms with Gasteiger partial charge in [0.25, 0.3) is 5.91 Å². The molecule has 13 heteroatoms. The van der Waals surface area contributed by atoms with E-state index in [0.29, 0.717) is 35.1 Å². The van der Waals surface area contributed by atoms with Gasteiger partial charge in [0.05, 0.1) is 30.4 Å². The number of benzene rings is 3. The van der Waals surface area contributed by atoms with E-state index in [1.807, 2.05) is 24.3 Å². The van der Waals surface area contributed by atoms with Crippen LogP contribution in [0.25, 0.3) is 0 Å². The minimum atomic E-state index is -3.83. The van der Waals surface area contributed by atoms with Gasteiger partial charge in [-0.25, -0.2) is 22.9 Å². The van der Waals surface area contributed by atoms with Gasteiger partial charge in [-0.1, -0.05) is 12.1 Å². The molecule has 0 fully saturated rings. The number of carbonyl (C=O) groups is 1. The zero-order valence-electron chi connectivity index (χ0n) is 21.5. The standard InChI is InChI=1S/C27H25FN6O5S/c1-16-26(35)34(15-17-3-8-20(38-2)9-4-17)23-13-19(7-12-24(23)39-16)31-25-22(28)14-30-27(33-25)32-18-5-10-21(11-6-18)40(29,36)37/h3-14,16H,15H2,1-2H3,(H2,29,36,37)(H2,30,31,32,33). The molecule has 1 aliphatic heterocycles. The van der Waals surface area contributed by atoms with Gasteiger partial charge in [0.1, 0.15) is 11.5 Å². The van der Waals surface area contributed by atoms with Gasteiger partial charge in [0.2, 0.25) is 16.0 Å². The number of methoxy groups -OCH3 is 1. The summed E-state index contributed by atoms with van der Waals surface area (Å²) in [5, 5.41) is 11.0. The molecule has 1 amide bonds. The third kappa shape index (κ3) is 5.80. The fourth-order valence-corrected chi connectivity index (χ4v) is 4.59. The van der Waals surface area contributed by atoms with Crippen LogP contribution in [0.4, 0.5) is 33.2 Å². The Labute approximate surface area is 229 Å². The molecule has 4 aromatic rings. The molecule has 2 heterocycles. The SMILES string of the molecule is COc1ccc(CN2C(=O)C(C)Oc3ccc(Nc4nc(Nc5ccc(S(N)(=O)=O)cc5)ncc4F)cc32)cc1. The second kappa shape index (κ2) is 10.8. The summed E-state index contributed by atoms with van der Waals surface area (Å²) in [6.45, 7) is 1.99. The van der Waals surface area contributed by atoms with Crippen molar-refractivity contribution in [1.29, 1.82) is 0 Å². The van der Waals surface area contributed by atoms with E-state index in [4.69, 9.17) is 14.6 Å². The summed E-state index contributed by atoms with van der Waals surface area (Å²) in [7, 11) is -2.25. The Hall–Kier alpha value is -4.75. The lowest BCUT2D eigenvalue weighted by molar-refractivity contribution is -0.125. The molecule has 40 heavy (non-hydrogen) atoms. The number of nitrogens with one attached hydrogen (secondary N) is 2. The van der Waals surface area contributed by atoms with Gasteiger partial charge in [0.15, 0.2) is 17.7 Å². The van der Waals surface area contributed by atoms with E-state index in [2.05, 4.69) is 20.6 Å². The maximum absolute atomic E-state index is 14.7. The number of sulfonamides is 1. The van der Waals surface area contributed by atoms with Gasteiger partial charge in [0, 0.05) is 11.4 Å². The second-order valence-electron chi connectivity index (χ2n) is 8.92. The van der Waals surface area contributed by atoms with E-state index >= 15 is 0 Å². The van der Waals surface area contributed by atoms with Crippen LogP contribution in [0.5, 0.6) is 11.5 Å². The summed E-state index contributed by atoms with van der Waals surface area (Å²) in [6.07, 6.45) is 0.329. The lowest BCUT2D eigenvalue weighted by atomic mass is 10.1. The van der Waals surface area contributed by atoms with Crippen LogP contribution in [-0.2, 0) is 21.4 Å². The van der Waals surface area contributed by atoms with Crippen molar-refractivity contribution in [2.24, 2.45) is 5.14 Å². The molecule has 0 saturated heterocycles. The predicted molar refractivity (Wildman–Crippen MR) is 147 cm³/mol. The summed E-state index contributed by atoms with van der Waals surface area (Å²) in [5.74, 6) is 0.256. The smallest absolute Gasteiger partial charge is 0.268 e. The average molecular weight is 565 g/mol. The largest absolute Gasteiger partial charge is 0.497 e. The van der Waals surface area contributed by atoms with Crippen LogP contribution in [0, 0.1) is 5.82 Å². The average Bonchev–Trinajstić information content (AvgIpc) is 2.93. The number of carbonyl (C=O) groups excluding carboxylic acids is 1. The van der Waals surface area contributed by atoms with E-state index < -0.39 is 21.9 Å². The van der Waals surface area contributed by atoms with Crippen LogP contribution in [0.1, 0.15) is 12.5 Å². The van der Waals surface area contributed by atoms with Crippen LogP contribution in [0.2, 0.25) is 0 Å². The van der Waals surface area contributed by atoms with Gasteiger partial charge < -0.3 is 25.0 Å². The highest BCUT2D eigenvalue weighted by Gasteiger charge is 2.32. The molecule has 3 aromatic carbocycles. The van der Waals surface area contributed by atoms with Crippen molar-refractivity contribution < 1.29 is 27.1 Å². The molecule has 1 unspecified atom stereocenters. The minimum absolute atomic E-state index is 0.0503. The van der Waals surface area contributed by atoms with E-state index in [0.717, 1.165) is 11.8 Å². The number of nitrogens with zero attached hydrogens (tertiary/aromatic N) is 3. The van der Waals surface area contributed by atoms with Gasteiger partial charge in [-0.05, 0) is 67.1 Å². The lowest BCUT2D eigenvalue weighted by Crippen LogP contribution is -2.44. The molecule has 1 atom stereocenters. The molecule has 4 N–H and O–H groups in total. The summed E-state index contributed by atoms with van der Waals surface area (Å²) >= 11 is 0. The first-order chi connectivity index (χ1) is 19.1. The molecule has 11 nitrogen and oxygen atoms in total. The van der Waals surface area contributed by atoms with Crippen LogP contribution in [0.3, 0.4) is 0 Å². The number of rotatable bonds is 8. The van der Waals surface area contributed by atoms with Crippen molar-refractivity contribution in [1.82, 2.24) is 9.97 Å². The number of aromatic nitrogens is 2. The molecule has 1 aliphatic rings. The van der Waals surface area contributed by atoms with Crippen molar-refractivity contribution >= 4 is 44.8 Å². The summed E-state index contributed by atoms with van der Waals surface area (Å²) in [4.78, 5) is 22.8. The number of anilines is 5. The number of nitrogens with two attached hydrogens (primary N) is 1. The summed E-state index contributed by atoms with van der Waals surface area (Å²) in [5.41, 5.74) is 2.34. The Bertz CT molecular complexity index is 1670. The van der Waals surface area contributed by atoms with Gasteiger partial charge in [-0.15, -0.1) is 0 Å². The first-order valence-corrected chi connectivity index (χ1v) is 13.6. The van der Waals surface area contributed by atoms with Crippen LogP contribution in [-0.4, -0.2) is 37.5 Å². The topological polar surface area (TPSA) is 149 Å². The van der Waals surface area contributed by atoms with E-state index in [9.17, 15) is 17.6 Å². The highest BCUT2D eigenvalue weighted by Crippen LogP contribution is 2.38. The first-order valence-electron chi connectivity index (χ1n) is 12.0. The lowest BCUT2D eigenvalue weighted by Gasteiger charge is -2.33. The van der Waals surface area contributed by atoms with Gasteiger partial charge in [-0.3, -0.25) is 4.79 Å². The highest BCUT2D eigenvalue weighted by atomic mass is 32.2. The highest BCUT2D eigenvalue weighted by molar-refractivity contribution is 7.89. The molecule has 206 valence electrons. The van der Waals surface area contributed by atoms with Crippen molar-refractivity contribution in [3.63, 3.8) is 0 Å². The van der Waals surface area contributed by atoms with Crippen molar-refractivity contribution in [3.8, 4) is 11.5 Å². The fraction of sp³-hybridized carbons (Fsp3) is 0.148. The quantitative estimate of drug-likeness (QED) is 0.288. The molecule has 0 radical (unpaired) electrons. The Balaban J connectivity index is 1.38. The zero-order chi connectivity index (χ0) is 28.4. The Morgan fingerprint density at radius 1 is 1.05 bits per heavy atom. The first kappa shape index (κ1) is 26.8. The monoisotopic (exact) mass is 564 g/mol. The maximum atomic E-state index is 14.7. The molecular formula is C27H25FN6O5S. The second-order valence-corrected chi connectivity index (χ2v) is 10.5. The van der Waals surface area contributed by atoms with Crippen LogP contribution < -0.4 is 30.1 Å². The maximum Gasteiger partial charge on any atom is 0.268 e. The molecule has 0 aliphatic carbocycles. The van der Waals surface area contributed by atoms with Gasteiger partial charge in [-0.2, -0.15) is 4.98 Å². The zero-order valence-corrected chi connectivity index (χ0v) is 22.3. The molecule has 1 aromatic heterocycles. The number of amides is 1. The summed E-state index contributed by atoms with van der Waals surface area (Å²) < 4.78 is 48.6. The fourth-order valence-electron chi connectivity index (χ4n) is 4.07. The van der Waals surface area contributed by atoms with Gasteiger partial charge >= 0.3 is 0 Å². The van der Waals surface area contributed by atoms with Crippen molar-refractivity contribution in [2.75, 3.05) is 22.6 Å². The molecule has 5 rings (SSSR count). The third-order valence-electron chi connectivity index (χ3n) is 6.11. The third-order valence-corrected chi connectivity index (χ3v) is 7.04. The number of primary sulfonamides is 1. The number of ether oxygens (including phenoxy) is 2. The summed E-state index contributed by atoms with van der Waals surface area (Å²) in [6, 6.07) is 18.1. The number of halogens is 1. The van der Waals surface area contributed by atoms with E-state index in [-0.39, 0.29) is 22.6 Å². The van der Waals surface area contributed by atoms with E-state index in [1.54, 1.807) is 37.1 Å². The Morgan fingerprint density at radius 2 is 1.75 bits per heavy atom. The number of hydrogen-bond acceptors (Lipinski definition) is 9. The number of hydrogen-bond donors (Lipinski definition) is 3. The van der Waals surface area contributed by atoms with Crippen LogP contribution >= 0.6 is 0 Å². The molecule has 0 spiro atoms.